The third kappa shape index (κ3) is 2.34. The molecule has 1 N–H and O–H groups in total. The molecule has 1 aromatic rings. The van der Waals surface area contributed by atoms with Crippen LogP contribution < -0.4 is 0 Å². The number of carbonyl (C=O) groups is 3. The van der Waals surface area contributed by atoms with Crippen molar-refractivity contribution in [2.45, 2.75) is 13.5 Å². The van der Waals surface area contributed by atoms with Crippen molar-refractivity contribution in [2.75, 3.05) is 5.75 Å². The fourth-order valence-electron chi connectivity index (χ4n) is 1.49. The molecule has 7 heteroatoms. The highest BCUT2D eigenvalue weighted by molar-refractivity contribution is 8.14. The number of carbonyl (C=O) groups excluding carboxylic acids is 2. The van der Waals surface area contributed by atoms with Crippen LogP contribution in [0, 0.1) is 6.92 Å². The van der Waals surface area contributed by atoms with E-state index in [4.69, 9.17) is 5.11 Å². The van der Waals surface area contributed by atoms with E-state index in [0.717, 1.165) is 38.4 Å². The lowest BCUT2D eigenvalue weighted by atomic mass is 10.2. The number of carboxylic acids is 1. The summed E-state index contributed by atoms with van der Waals surface area (Å²) in [6.45, 7) is 1.95. The van der Waals surface area contributed by atoms with E-state index in [2.05, 4.69) is 0 Å². The van der Waals surface area contributed by atoms with Crippen molar-refractivity contribution < 1.29 is 19.5 Å². The Morgan fingerprint density at radius 1 is 1.53 bits per heavy atom. The first-order valence-electron chi connectivity index (χ1n) is 4.78. The molecule has 1 saturated heterocycles. The van der Waals surface area contributed by atoms with Gasteiger partial charge in [-0.15, -0.1) is 11.3 Å². The van der Waals surface area contributed by atoms with Crippen LogP contribution in [-0.4, -0.2) is 32.9 Å². The van der Waals surface area contributed by atoms with E-state index in [0.29, 0.717) is 0 Å². The molecule has 0 aliphatic carbocycles. The largest absolute Gasteiger partial charge is 0.477 e. The molecule has 0 spiro atoms. The summed E-state index contributed by atoms with van der Waals surface area (Å²) in [5.74, 6) is -1.03. The van der Waals surface area contributed by atoms with Gasteiger partial charge in [0.1, 0.15) is 4.88 Å². The number of carboxylic acid groups (broad SMARTS) is 1. The molecule has 2 amide bonds. The average molecular weight is 271 g/mol. The maximum absolute atomic E-state index is 11.4. The lowest BCUT2D eigenvalue weighted by molar-refractivity contribution is -0.125. The third-order valence-corrected chi connectivity index (χ3v) is 4.34. The molecule has 2 rings (SSSR count). The van der Waals surface area contributed by atoms with Crippen molar-refractivity contribution in [3.63, 3.8) is 0 Å². The molecule has 2 heterocycles. The highest BCUT2D eigenvalue weighted by atomic mass is 32.2. The maximum atomic E-state index is 11.4. The summed E-state index contributed by atoms with van der Waals surface area (Å²) in [5.41, 5.74) is 0.719. The normalized spacial score (nSPS) is 15.7. The van der Waals surface area contributed by atoms with E-state index in [-0.39, 0.29) is 28.3 Å². The quantitative estimate of drug-likeness (QED) is 0.909. The Morgan fingerprint density at radius 2 is 2.24 bits per heavy atom. The van der Waals surface area contributed by atoms with E-state index in [1.807, 2.05) is 0 Å². The standard InChI is InChI=1S/C10H9NO4S2/c1-5-6(2-7(17-5)9(13)14)3-11-8(12)4-16-10(11)15/h2H,3-4H2,1H3,(H,13,14). The predicted molar refractivity (Wildman–Crippen MR) is 64.4 cm³/mol. The fraction of sp³-hybridized carbons (Fsp3) is 0.300. The topological polar surface area (TPSA) is 74.7 Å². The van der Waals surface area contributed by atoms with E-state index in [1.54, 1.807) is 6.92 Å². The summed E-state index contributed by atoms with van der Waals surface area (Å²) in [5, 5.41) is 8.58. The molecule has 90 valence electrons. The van der Waals surface area contributed by atoms with Crippen LogP contribution in [0.2, 0.25) is 0 Å². The third-order valence-electron chi connectivity index (χ3n) is 2.40. The lowest BCUT2D eigenvalue weighted by Gasteiger charge is -2.11. The second-order valence-electron chi connectivity index (χ2n) is 3.53. The molecule has 0 saturated carbocycles. The molecule has 5 nitrogen and oxygen atoms in total. The van der Waals surface area contributed by atoms with Crippen LogP contribution in [-0.2, 0) is 11.3 Å². The molecule has 17 heavy (non-hydrogen) atoms. The molecule has 1 fully saturated rings. The van der Waals surface area contributed by atoms with Gasteiger partial charge in [0.15, 0.2) is 0 Å². The van der Waals surface area contributed by atoms with E-state index < -0.39 is 5.97 Å². The molecule has 0 unspecified atom stereocenters. The van der Waals surface area contributed by atoms with Gasteiger partial charge in [-0.05, 0) is 18.6 Å². The number of nitrogens with zero attached hydrogens (tertiary/aromatic N) is 1. The van der Waals surface area contributed by atoms with Crippen molar-refractivity contribution in [2.24, 2.45) is 0 Å². The molecular formula is C10H9NO4S2. The summed E-state index contributed by atoms with van der Waals surface area (Å²) >= 11 is 2.13. The van der Waals surface area contributed by atoms with Gasteiger partial charge in [-0.25, -0.2) is 4.79 Å². The van der Waals surface area contributed by atoms with Gasteiger partial charge in [-0.3, -0.25) is 14.5 Å². The van der Waals surface area contributed by atoms with Crippen LogP contribution in [0.3, 0.4) is 0 Å². The van der Waals surface area contributed by atoms with Crippen LogP contribution in [0.5, 0.6) is 0 Å². The fourth-order valence-corrected chi connectivity index (χ4v) is 3.08. The smallest absolute Gasteiger partial charge is 0.345 e. The SMILES string of the molecule is Cc1sc(C(=O)O)cc1CN1C(=O)CSC1=O. The Balaban J connectivity index is 2.21. The van der Waals surface area contributed by atoms with Crippen molar-refractivity contribution in [3.05, 3.63) is 21.4 Å². The highest BCUT2D eigenvalue weighted by Crippen LogP contribution is 2.26. The molecule has 0 radical (unpaired) electrons. The lowest BCUT2D eigenvalue weighted by Crippen LogP contribution is -2.27. The number of hydrogen-bond acceptors (Lipinski definition) is 5. The molecule has 0 bridgehead atoms. The van der Waals surface area contributed by atoms with Gasteiger partial charge in [-0.2, -0.15) is 0 Å². The van der Waals surface area contributed by atoms with Gasteiger partial charge in [-0.1, -0.05) is 11.8 Å². The number of imide groups is 1. The molecule has 1 aliphatic heterocycles. The van der Waals surface area contributed by atoms with Crippen molar-refractivity contribution >= 4 is 40.2 Å². The van der Waals surface area contributed by atoms with Crippen molar-refractivity contribution in [1.29, 1.82) is 0 Å². The van der Waals surface area contributed by atoms with Crippen molar-refractivity contribution in [3.8, 4) is 0 Å². The minimum atomic E-state index is -0.988. The Labute approximate surface area is 105 Å². The van der Waals surface area contributed by atoms with Crippen LogP contribution in [0.15, 0.2) is 6.07 Å². The molecule has 1 aliphatic rings. The first-order chi connectivity index (χ1) is 7.99. The summed E-state index contributed by atoms with van der Waals surface area (Å²) < 4.78 is 0. The van der Waals surface area contributed by atoms with Gasteiger partial charge in [0, 0.05) is 4.88 Å². The summed E-state index contributed by atoms with van der Waals surface area (Å²) in [7, 11) is 0. The monoisotopic (exact) mass is 271 g/mol. The minimum Gasteiger partial charge on any atom is -0.477 e. The maximum Gasteiger partial charge on any atom is 0.345 e. The minimum absolute atomic E-state index is 0.167. The molecule has 1 aromatic heterocycles. The Morgan fingerprint density at radius 3 is 2.71 bits per heavy atom. The first-order valence-corrected chi connectivity index (χ1v) is 6.59. The van der Waals surface area contributed by atoms with Crippen LogP contribution in [0.4, 0.5) is 4.79 Å². The zero-order valence-corrected chi connectivity index (χ0v) is 10.6. The average Bonchev–Trinajstić information content (AvgIpc) is 2.77. The van der Waals surface area contributed by atoms with Gasteiger partial charge in [0.2, 0.25) is 5.91 Å². The Hall–Kier alpha value is -1.34. The van der Waals surface area contributed by atoms with Crippen LogP contribution in [0.1, 0.15) is 20.1 Å². The number of rotatable bonds is 3. The first kappa shape index (κ1) is 12.1. The number of hydrogen-bond donors (Lipinski definition) is 1. The second kappa shape index (κ2) is 4.50. The number of thioether (sulfide) groups is 1. The van der Waals surface area contributed by atoms with Crippen LogP contribution in [0.25, 0.3) is 0 Å². The van der Waals surface area contributed by atoms with E-state index in [9.17, 15) is 14.4 Å². The van der Waals surface area contributed by atoms with Gasteiger partial charge >= 0.3 is 5.97 Å². The Kier molecular flexibility index (Phi) is 3.21. The van der Waals surface area contributed by atoms with Crippen molar-refractivity contribution in [1.82, 2.24) is 4.90 Å². The van der Waals surface area contributed by atoms with E-state index in [1.165, 1.54) is 6.07 Å². The van der Waals surface area contributed by atoms with Gasteiger partial charge in [0.05, 0.1) is 12.3 Å². The van der Waals surface area contributed by atoms with Crippen LogP contribution >= 0.6 is 23.1 Å². The second-order valence-corrected chi connectivity index (χ2v) is 5.71. The van der Waals surface area contributed by atoms with Gasteiger partial charge in [0.25, 0.3) is 5.24 Å². The summed E-state index contributed by atoms with van der Waals surface area (Å²) in [4.78, 5) is 35.8. The molecular weight excluding hydrogens is 262 g/mol. The summed E-state index contributed by atoms with van der Waals surface area (Å²) in [6, 6.07) is 1.52. The number of aryl methyl sites for hydroxylation is 1. The molecule has 0 aromatic carbocycles. The number of thiophene rings is 1. The highest BCUT2D eigenvalue weighted by Gasteiger charge is 2.30. The number of aromatic carboxylic acids is 1. The van der Waals surface area contributed by atoms with Gasteiger partial charge < -0.3 is 5.11 Å². The zero-order valence-electron chi connectivity index (χ0n) is 8.93. The predicted octanol–water partition coefficient (Wildman–Crippen LogP) is 1.95. The Bertz CT molecular complexity index is 492. The zero-order chi connectivity index (χ0) is 12.6. The molecule has 0 atom stereocenters. The van der Waals surface area contributed by atoms with E-state index >= 15 is 0 Å². The number of amides is 2. The summed E-state index contributed by atoms with van der Waals surface area (Å²) in [6.07, 6.45) is 0.